The summed E-state index contributed by atoms with van der Waals surface area (Å²) in [6.07, 6.45) is 0. The Labute approximate surface area is 246 Å². The highest BCUT2D eigenvalue weighted by Gasteiger charge is 2.11. The first kappa shape index (κ1) is 24.3. The zero-order chi connectivity index (χ0) is 27.9. The topological polar surface area (TPSA) is 0 Å². The summed E-state index contributed by atoms with van der Waals surface area (Å²) >= 11 is 0. The van der Waals surface area contributed by atoms with Crippen LogP contribution in [-0.4, -0.2) is 0 Å². The minimum Gasteiger partial charge on any atom is -0.0622 e. The van der Waals surface area contributed by atoms with Gasteiger partial charge in [0.25, 0.3) is 0 Å². The van der Waals surface area contributed by atoms with Crippen molar-refractivity contribution in [2.75, 3.05) is 0 Å². The summed E-state index contributed by atoms with van der Waals surface area (Å²) in [6, 6.07) is 61.8. The Bertz CT molecular complexity index is 2060. The predicted octanol–water partition coefficient (Wildman–Crippen LogP) is 11.8. The molecule has 196 valence electrons. The zero-order valence-corrected chi connectivity index (χ0v) is 23.2. The lowest BCUT2D eigenvalue weighted by Gasteiger charge is -2.14. The first-order valence-electron chi connectivity index (χ1n) is 14.5. The SMILES string of the molecule is c1ccc(-c2ccc3cc(-c4ccc(-c5ccc6cc(-c7ccccc7)ccc6c5)c5ccccc45)ccc3c2)cc1. The van der Waals surface area contributed by atoms with Gasteiger partial charge in [0, 0.05) is 0 Å². The first-order chi connectivity index (χ1) is 20.8. The molecule has 0 saturated carbocycles. The molecule has 0 amide bonds. The van der Waals surface area contributed by atoms with Crippen LogP contribution in [0.15, 0.2) is 170 Å². The maximum absolute atomic E-state index is 2.33. The normalized spacial score (nSPS) is 11.3. The Hall–Kier alpha value is -5.46. The van der Waals surface area contributed by atoms with E-state index in [1.807, 2.05) is 0 Å². The van der Waals surface area contributed by atoms with E-state index in [0.29, 0.717) is 0 Å². The fourth-order valence-electron chi connectivity index (χ4n) is 6.25. The lowest BCUT2D eigenvalue weighted by atomic mass is 9.90. The van der Waals surface area contributed by atoms with Crippen LogP contribution in [0.1, 0.15) is 0 Å². The third-order valence-corrected chi connectivity index (χ3v) is 8.44. The zero-order valence-electron chi connectivity index (χ0n) is 23.2. The van der Waals surface area contributed by atoms with Gasteiger partial charge in [0.2, 0.25) is 0 Å². The highest BCUT2D eigenvalue weighted by molar-refractivity contribution is 6.07. The van der Waals surface area contributed by atoms with E-state index in [-0.39, 0.29) is 0 Å². The summed E-state index contributed by atoms with van der Waals surface area (Å²) in [7, 11) is 0. The van der Waals surface area contributed by atoms with E-state index in [2.05, 4.69) is 170 Å². The third kappa shape index (κ3) is 4.35. The van der Waals surface area contributed by atoms with Crippen molar-refractivity contribution >= 4 is 32.3 Å². The monoisotopic (exact) mass is 532 g/mol. The van der Waals surface area contributed by atoms with Crippen molar-refractivity contribution in [3.05, 3.63) is 170 Å². The highest BCUT2D eigenvalue weighted by Crippen LogP contribution is 2.38. The average Bonchev–Trinajstić information content (AvgIpc) is 3.07. The minimum absolute atomic E-state index is 1.24. The fourth-order valence-corrected chi connectivity index (χ4v) is 6.25. The molecule has 0 aliphatic rings. The molecule has 0 heteroatoms. The molecule has 0 radical (unpaired) electrons. The van der Waals surface area contributed by atoms with Gasteiger partial charge in [0.15, 0.2) is 0 Å². The van der Waals surface area contributed by atoms with Gasteiger partial charge >= 0.3 is 0 Å². The minimum atomic E-state index is 1.24. The summed E-state index contributed by atoms with van der Waals surface area (Å²) in [5.74, 6) is 0. The van der Waals surface area contributed by atoms with Crippen LogP contribution in [-0.2, 0) is 0 Å². The molecule has 8 aromatic rings. The highest BCUT2D eigenvalue weighted by atomic mass is 14.1. The maximum atomic E-state index is 2.33. The number of fused-ring (bicyclic) bond motifs is 3. The van der Waals surface area contributed by atoms with Crippen LogP contribution < -0.4 is 0 Å². The molecule has 0 bridgehead atoms. The summed E-state index contributed by atoms with van der Waals surface area (Å²) < 4.78 is 0. The van der Waals surface area contributed by atoms with E-state index in [9.17, 15) is 0 Å². The summed E-state index contributed by atoms with van der Waals surface area (Å²) in [5, 5.41) is 7.57. The number of hydrogen-bond acceptors (Lipinski definition) is 0. The molecule has 0 aliphatic carbocycles. The van der Waals surface area contributed by atoms with Crippen molar-refractivity contribution in [3.8, 4) is 44.5 Å². The van der Waals surface area contributed by atoms with Crippen LogP contribution in [0, 0.1) is 0 Å². The van der Waals surface area contributed by atoms with Crippen LogP contribution >= 0.6 is 0 Å². The van der Waals surface area contributed by atoms with Crippen molar-refractivity contribution in [2.45, 2.75) is 0 Å². The van der Waals surface area contributed by atoms with Gasteiger partial charge in [-0.3, -0.25) is 0 Å². The van der Waals surface area contributed by atoms with Crippen molar-refractivity contribution < 1.29 is 0 Å². The van der Waals surface area contributed by atoms with Gasteiger partial charge in [-0.15, -0.1) is 0 Å². The first-order valence-corrected chi connectivity index (χ1v) is 14.5. The Morgan fingerprint density at radius 3 is 0.952 bits per heavy atom. The van der Waals surface area contributed by atoms with E-state index in [4.69, 9.17) is 0 Å². The van der Waals surface area contributed by atoms with E-state index >= 15 is 0 Å². The second kappa shape index (κ2) is 10.2. The molecule has 0 aromatic heterocycles. The van der Waals surface area contributed by atoms with Crippen molar-refractivity contribution in [2.24, 2.45) is 0 Å². The Balaban J connectivity index is 1.19. The molecule has 0 fully saturated rings. The average molecular weight is 533 g/mol. The van der Waals surface area contributed by atoms with Gasteiger partial charge in [-0.05, 0) is 101 Å². The fraction of sp³-hybridized carbons (Fsp3) is 0. The molecular formula is C42H28. The largest absolute Gasteiger partial charge is 0.0622 e. The number of rotatable bonds is 4. The Morgan fingerprint density at radius 2 is 0.548 bits per heavy atom. The van der Waals surface area contributed by atoms with Crippen LogP contribution in [0.2, 0.25) is 0 Å². The molecular weight excluding hydrogens is 504 g/mol. The summed E-state index contributed by atoms with van der Waals surface area (Å²) in [6.45, 7) is 0. The standard InChI is InChI=1S/C42H28/c1-3-9-29(10-4-1)31-15-17-35-27-37(21-19-33(35)25-31)39-23-24-40(42-14-8-7-13-41(39)42)38-22-20-34-26-32(16-18-36(34)28-38)30-11-5-2-6-12-30/h1-28H. The molecule has 0 N–H and O–H groups in total. The molecule has 8 aromatic carbocycles. The van der Waals surface area contributed by atoms with Crippen molar-refractivity contribution in [1.29, 1.82) is 0 Å². The van der Waals surface area contributed by atoms with Crippen LogP contribution in [0.5, 0.6) is 0 Å². The molecule has 0 atom stereocenters. The second-order valence-corrected chi connectivity index (χ2v) is 11.0. The van der Waals surface area contributed by atoms with Gasteiger partial charge in [0.05, 0.1) is 0 Å². The molecule has 0 heterocycles. The van der Waals surface area contributed by atoms with E-state index in [0.717, 1.165) is 0 Å². The smallest absolute Gasteiger partial charge is 0.00992 e. The lowest BCUT2D eigenvalue weighted by molar-refractivity contribution is 1.63. The van der Waals surface area contributed by atoms with Gasteiger partial charge in [-0.2, -0.15) is 0 Å². The molecule has 0 spiro atoms. The number of benzene rings is 8. The second-order valence-electron chi connectivity index (χ2n) is 11.0. The number of hydrogen-bond donors (Lipinski definition) is 0. The molecule has 0 saturated heterocycles. The van der Waals surface area contributed by atoms with E-state index in [1.54, 1.807) is 0 Å². The van der Waals surface area contributed by atoms with Crippen LogP contribution in [0.25, 0.3) is 76.8 Å². The molecule has 0 unspecified atom stereocenters. The van der Waals surface area contributed by atoms with Gasteiger partial charge in [-0.25, -0.2) is 0 Å². The maximum Gasteiger partial charge on any atom is -0.00992 e. The Morgan fingerprint density at radius 1 is 0.214 bits per heavy atom. The Kier molecular flexibility index (Phi) is 5.90. The van der Waals surface area contributed by atoms with Crippen LogP contribution in [0.4, 0.5) is 0 Å². The quantitative estimate of drug-likeness (QED) is 0.211. The van der Waals surface area contributed by atoms with Crippen molar-refractivity contribution in [1.82, 2.24) is 0 Å². The van der Waals surface area contributed by atoms with E-state index < -0.39 is 0 Å². The third-order valence-electron chi connectivity index (χ3n) is 8.44. The molecule has 0 nitrogen and oxygen atoms in total. The van der Waals surface area contributed by atoms with Gasteiger partial charge in [-0.1, -0.05) is 146 Å². The molecule has 42 heavy (non-hydrogen) atoms. The lowest BCUT2D eigenvalue weighted by Crippen LogP contribution is -1.87. The van der Waals surface area contributed by atoms with Crippen LogP contribution in [0.3, 0.4) is 0 Å². The van der Waals surface area contributed by atoms with E-state index in [1.165, 1.54) is 76.8 Å². The van der Waals surface area contributed by atoms with Crippen molar-refractivity contribution in [3.63, 3.8) is 0 Å². The van der Waals surface area contributed by atoms with Gasteiger partial charge < -0.3 is 0 Å². The molecule has 8 rings (SSSR count). The summed E-state index contributed by atoms with van der Waals surface area (Å²) in [5.41, 5.74) is 9.99. The summed E-state index contributed by atoms with van der Waals surface area (Å²) in [4.78, 5) is 0. The predicted molar refractivity (Wildman–Crippen MR) is 181 cm³/mol. The molecule has 0 aliphatic heterocycles. The van der Waals surface area contributed by atoms with Gasteiger partial charge in [0.1, 0.15) is 0 Å².